The molecule has 3 aromatic rings. The highest BCUT2D eigenvalue weighted by molar-refractivity contribution is 6.30. The summed E-state index contributed by atoms with van der Waals surface area (Å²) in [4.78, 5) is 24.5. The summed E-state index contributed by atoms with van der Waals surface area (Å²) in [5.74, 6) is -0.288. The van der Waals surface area contributed by atoms with Crippen LogP contribution in [0, 0.1) is 6.92 Å². The normalized spacial score (nSPS) is 10.5. The topological polar surface area (TPSA) is 67.4 Å². The van der Waals surface area contributed by atoms with Crippen molar-refractivity contribution >= 4 is 23.4 Å². The van der Waals surface area contributed by atoms with E-state index in [-0.39, 0.29) is 24.9 Å². The Morgan fingerprint density at radius 3 is 2.00 bits per heavy atom. The van der Waals surface area contributed by atoms with Crippen LogP contribution >= 0.6 is 11.6 Å². The quantitative estimate of drug-likeness (QED) is 0.554. The molecular formula is C24H23ClN2O3. The van der Waals surface area contributed by atoms with Gasteiger partial charge in [0.15, 0.2) is 6.61 Å². The van der Waals surface area contributed by atoms with Gasteiger partial charge in [-0.1, -0.05) is 72.3 Å². The largest absolute Gasteiger partial charge is 0.483 e. The van der Waals surface area contributed by atoms with E-state index in [9.17, 15) is 9.59 Å². The summed E-state index contributed by atoms with van der Waals surface area (Å²) in [5.41, 5.74) is 7.77. The number of nitrogens with one attached hydrogen (secondary N) is 2. The van der Waals surface area contributed by atoms with Gasteiger partial charge in [-0.05, 0) is 41.8 Å². The number of carbonyl (C=O) groups is 2. The van der Waals surface area contributed by atoms with Gasteiger partial charge in [0.2, 0.25) is 5.91 Å². The summed E-state index contributed by atoms with van der Waals surface area (Å²) < 4.78 is 5.48. The number of benzene rings is 3. The minimum absolute atomic E-state index is 0.114. The fourth-order valence-electron chi connectivity index (χ4n) is 3.13. The van der Waals surface area contributed by atoms with Crippen LogP contribution in [-0.4, -0.2) is 18.4 Å². The molecule has 0 saturated carbocycles. The molecule has 0 aliphatic heterocycles. The smallest absolute Gasteiger partial charge is 0.276 e. The number of halogens is 1. The number of hydrazine groups is 1. The number of ether oxygens (including phenoxy) is 1. The second kappa shape index (κ2) is 10.5. The Morgan fingerprint density at radius 1 is 0.867 bits per heavy atom. The first-order chi connectivity index (χ1) is 14.5. The molecule has 0 aliphatic carbocycles. The van der Waals surface area contributed by atoms with Crippen LogP contribution in [0.2, 0.25) is 5.02 Å². The molecule has 0 radical (unpaired) electrons. The van der Waals surface area contributed by atoms with Crippen molar-refractivity contribution in [1.82, 2.24) is 10.9 Å². The average molecular weight is 423 g/mol. The van der Waals surface area contributed by atoms with Crippen LogP contribution in [0.4, 0.5) is 0 Å². The van der Waals surface area contributed by atoms with Crippen molar-refractivity contribution in [1.29, 1.82) is 0 Å². The first-order valence-corrected chi connectivity index (χ1v) is 9.97. The number of amides is 2. The summed E-state index contributed by atoms with van der Waals surface area (Å²) >= 11 is 5.91. The van der Waals surface area contributed by atoms with E-state index in [1.165, 1.54) is 0 Å². The summed E-state index contributed by atoms with van der Waals surface area (Å²) in [6.07, 6.45) is 0.200. The number of aryl methyl sites for hydroxylation is 1. The molecule has 0 saturated heterocycles. The molecule has 5 nitrogen and oxygen atoms in total. The Labute approximate surface area is 181 Å². The van der Waals surface area contributed by atoms with Gasteiger partial charge >= 0.3 is 0 Å². The Balaban J connectivity index is 1.54. The van der Waals surface area contributed by atoms with Crippen molar-refractivity contribution in [2.24, 2.45) is 0 Å². The zero-order chi connectivity index (χ0) is 21.3. The molecule has 2 amide bonds. The third kappa shape index (κ3) is 6.09. The lowest BCUT2D eigenvalue weighted by atomic mass is 9.88. The van der Waals surface area contributed by atoms with E-state index >= 15 is 0 Å². The molecule has 0 bridgehead atoms. The fraction of sp³-hybridized carbons (Fsp3) is 0.167. The van der Waals surface area contributed by atoms with Crippen LogP contribution in [0.5, 0.6) is 5.75 Å². The SMILES string of the molecule is Cc1cc(Cl)ccc1OCC(=O)NNC(=O)CC(c1ccccc1)c1ccccc1. The summed E-state index contributed by atoms with van der Waals surface area (Å²) in [6, 6.07) is 24.8. The molecule has 30 heavy (non-hydrogen) atoms. The predicted molar refractivity (Wildman–Crippen MR) is 117 cm³/mol. The van der Waals surface area contributed by atoms with Gasteiger partial charge in [-0.2, -0.15) is 0 Å². The van der Waals surface area contributed by atoms with Crippen LogP contribution in [0.15, 0.2) is 78.9 Å². The second-order valence-electron chi connectivity index (χ2n) is 6.87. The molecule has 6 heteroatoms. The lowest BCUT2D eigenvalue weighted by Gasteiger charge is -2.18. The molecule has 0 aromatic heterocycles. The van der Waals surface area contributed by atoms with Crippen LogP contribution in [0.3, 0.4) is 0 Å². The van der Waals surface area contributed by atoms with Gasteiger partial charge in [0.05, 0.1) is 0 Å². The standard InChI is InChI=1S/C24H23ClN2O3/c1-17-14-20(25)12-13-22(17)30-16-24(29)27-26-23(28)15-21(18-8-4-2-5-9-18)19-10-6-3-7-11-19/h2-14,21H,15-16H2,1H3,(H,26,28)(H,27,29). The van der Waals surface area contributed by atoms with E-state index in [0.717, 1.165) is 16.7 Å². The van der Waals surface area contributed by atoms with Crippen molar-refractivity contribution in [2.75, 3.05) is 6.61 Å². The summed E-state index contributed by atoms with van der Waals surface area (Å²) in [5, 5.41) is 0.600. The molecule has 0 aliphatic rings. The van der Waals surface area contributed by atoms with Crippen LogP contribution in [-0.2, 0) is 9.59 Å². The van der Waals surface area contributed by atoms with Crippen molar-refractivity contribution in [3.05, 3.63) is 101 Å². The van der Waals surface area contributed by atoms with E-state index in [2.05, 4.69) is 10.9 Å². The van der Waals surface area contributed by atoms with Gasteiger partial charge in [0.25, 0.3) is 5.91 Å². The van der Waals surface area contributed by atoms with Crippen LogP contribution < -0.4 is 15.6 Å². The van der Waals surface area contributed by atoms with Crippen LogP contribution in [0.1, 0.15) is 29.0 Å². The lowest BCUT2D eigenvalue weighted by Crippen LogP contribution is -2.44. The van der Waals surface area contributed by atoms with E-state index in [1.807, 2.05) is 67.6 Å². The molecule has 2 N–H and O–H groups in total. The third-order valence-corrected chi connectivity index (χ3v) is 4.87. The predicted octanol–water partition coefficient (Wildman–Crippen LogP) is 4.40. The Bertz CT molecular complexity index is 954. The third-order valence-electron chi connectivity index (χ3n) is 4.63. The van der Waals surface area contributed by atoms with Gasteiger partial charge < -0.3 is 4.74 Å². The summed E-state index contributed by atoms with van der Waals surface area (Å²) in [7, 11) is 0. The molecule has 0 unspecified atom stereocenters. The highest BCUT2D eigenvalue weighted by Crippen LogP contribution is 2.27. The van der Waals surface area contributed by atoms with Crippen molar-refractivity contribution in [2.45, 2.75) is 19.3 Å². The molecule has 3 rings (SSSR count). The van der Waals surface area contributed by atoms with Crippen molar-refractivity contribution in [3.63, 3.8) is 0 Å². The average Bonchev–Trinajstić information content (AvgIpc) is 2.76. The maximum atomic E-state index is 12.5. The van der Waals surface area contributed by atoms with Crippen molar-refractivity contribution < 1.29 is 14.3 Å². The van der Waals surface area contributed by atoms with E-state index in [1.54, 1.807) is 18.2 Å². The highest BCUT2D eigenvalue weighted by Gasteiger charge is 2.18. The molecule has 0 fully saturated rings. The number of hydrogen-bond donors (Lipinski definition) is 2. The fourth-order valence-corrected chi connectivity index (χ4v) is 3.36. The first-order valence-electron chi connectivity index (χ1n) is 9.59. The maximum Gasteiger partial charge on any atom is 0.276 e. The minimum atomic E-state index is -0.450. The van der Waals surface area contributed by atoms with E-state index in [4.69, 9.17) is 16.3 Å². The van der Waals surface area contributed by atoms with Gasteiger partial charge in [-0.15, -0.1) is 0 Å². The lowest BCUT2D eigenvalue weighted by molar-refractivity contribution is -0.130. The highest BCUT2D eigenvalue weighted by atomic mass is 35.5. The Morgan fingerprint density at radius 2 is 1.43 bits per heavy atom. The Kier molecular flexibility index (Phi) is 7.46. The number of rotatable bonds is 7. The molecule has 0 atom stereocenters. The van der Waals surface area contributed by atoms with E-state index < -0.39 is 5.91 Å². The van der Waals surface area contributed by atoms with Gasteiger partial charge in [-0.3, -0.25) is 20.4 Å². The minimum Gasteiger partial charge on any atom is -0.483 e. The zero-order valence-corrected chi connectivity index (χ0v) is 17.4. The second-order valence-corrected chi connectivity index (χ2v) is 7.31. The monoisotopic (exact) mass is 422 g/mol. The number of hydrogen-bond acceptors (Lipinski definition) is 3. The number of carbonyl (C=O) groups excluding carboxylic acids is 2. The van der Waals surface area contributed by atoms with Crippen molar-refractivity contribution in [3.8, 4) is 5.75 Å². The van der Waals surface area contributed by atoms with Gasteiger partial charge in [0, 0.05) is 17.4 Å². The molecule has 0 spiro atoms. The van der Waals surface area contributed by atoms with E-state index in [0.29, 0.717) is 10.8 Å². The van der Waals surface area contributed by atoms with Crippen LogP contribution in [0.25, 0.3) is 0 Å². The summed E-state index contributed by atoms with van der Waals surface area (Å²) in [6.45, 7) is 1.62. The molecular weight excluding hydrogens is 400 g/mol. The molecule has 3 aromatic carbocycles. The Hall–Kier alpha value is -3.31. The van der Waals surface area contributed by atoms with Gasteiger partial charge in [0.1, 0.15) is 5.75 Å². The molecule has 0 heterocycles. The first kappa shape index (κ1) is 21.4. The molecule has 154 valence electrons. The maximum absolute atomic E-state index is 12.5. The zero-order valence-electron chi connectivity index (χ0n) is 16.6. The van der Waals surface area contributed by atoms with Gasteiger partial charge in [-0.25, -0.2) is 0 Å².